The van der Waals surface area contributed by atoms with E-state index in [0.29, 0.717) is 6.41 Å². The molecule has 0 unspecified atom stereocenters. The summed E-state index contributed by atoms with van der Waals surface area (Å²) in [6, 6.07) is 10.3. The highest BCUT2D eigenvalue weighted by Crippen LogP contribution is 2.40. The fourth-order valence-electron chi connectivity index (χ4n) is 5.82. The second-order valence-electron chi connectivity index (χ2n) is 13.6. The Hall–Kier alpha value is -3.35. The average molecular weight is 754 g/mol. The molecule has 12 heteroatoms. The first-order valence-electron chi connectivity index (χ1n) is 19.5. The van der Waals surface area contributed by atoms with E-state index in [1.54, 1.807) is 0 Å². The molecule has 0 bridgehead atoms. The van der Waals surface area contributed by atoms with Crippen LogP contribution in [-0.4, -0.2) is 97.1 Å². The Morgan fingerprint density at radius 3 is 1.81 bits per heavy atom. The van der Waals surface area contributed by atoms with E-state index >= 15 is 0 Å². The number of nitrogens with zero attached hydrogens (tertiary/aromatic N) is 3. The maximum atomic E-state index is 12.1. The first kappa shape index (κ1) is 49.6. The van der Waals surface area contributed by atoms with Crippen molar-refractivity contribution in [2.45, 2.75) is 124 Å². The van der Waals surface area contributed by atoms with Gasteiger partial charge in [-0.05, 0) is 76.3 Å². The number of alkyl halides is 3. The SMILES string of the molecule is CCCCC.CCCCCCCC.CN1CCC(N2CCN(C=O)CC2)CC1.CNCc1ccccc1NC=O.Cc1cc(O)c(O)c(C(F)(F)F)c1. The van der Waals surface area contributed by atoms with E-state index in [-0.39, 0.29) is 5.56 Å². The lowest BCUT2D eigenvalue weighted by molar-refractivity contribution is -0.139. The molecule has 4 rings (SSSR count). The number of hydrogen-bond donors (Lipinski definition) is 4. The highest BCUT2D eigenvalue weighted by Gasteiger charge is 2.35. The fraction of sp³-hybridized carbons (Fsp3) is 0.659. The Kier molecular flexibility index (Phi) is 28.1. The molecule has 9 nitrogen and oxygen atoms in total. The van der Waals surface area contributed by atoms with Crippen molar-refractivity contribution < 1.29 is 33.0 Å². The number of amides is 2. The topological polar surface area (TPSA) is 108 Å². The molecule has 0 saturated carbocycles. The third-order valence-corrected chi connectivity index (χ3v) is 9.01. The fourth-order valence-corrected chi connectivity index (χ4v) is 5.82. The highest BCUT2D eigenvalue weighted by molar-refractivity contribution is 5.73. The van der Waals surface area contributed by atoms with Crippen LogP contribution >= 0.6 is 0 Å². The lowest BCUT2D eigenvalue weighted by atomic mass is 10.0. The van der Waals surface area contributed by atoms with Gasteiger partial charge in [0.25, 0.3) is 0 Å². The summed E-state index contributed by atoms with van der Waals surface area (Å²) in [5, 5.41) is 23.4. The molecule has 2 aliphatic rings. The number of carbonyl (C=O) groups excluding carboxylic acids is 2. The Morgan fingerprint density at radius 2 is 1.36 bits per heavy atom. The Labute approximate surface area is 318 Å². The highest BCUT2D eigenvalue weighted by atomic mass is 19.4. The molecule has 0 atom stereocenters. The first-order valence-corrected chi connectivity index (χ1v) is 19.5. The van der Waals surface area contributed by atoms with Crippen LogP contribution in [0.2, 0.25) is 0 Å². The van der Waals surface area contributed by atoms with Gasteiger partial charge in [0.2, 0.25) is 12.8 Å². The van der Waals surface area contributed by atoms with Crippen LogP contribution in [0, 0.1) is 6.92 Å². The average Bonchev–Trinajstić information content (AvgIpc) is 3.14. The Bertz CT molecular complexity index is 1210. The molecule has 304 valence electrons. The summed E-state index contributed by atoms with van der Waals surface area (Å²) in [7, 11) is 4.07. The second-order valence-corrected chi connectivity index (χ2v) is 13.6. The quantitative estimate of drug-likeness (QED) is 0.0920. The van der Waals surface area contributed by atoms with E-state index in [1.807, 2.05) is 36.2 Å². The number of halogens is 3. The number of para-hydroxylation sites is 1. The minimum absolute atomic E-state index is 0.239. The van der Waals surface area contributed by atoms with Crippen LogP contribution in [0.15, 0.2) is 36.4 Å². The molecule has 53 heavy (non-hydrogen) atoms. The van der Waals surface area contributed by atoms with Crippen LogP contribution in [-0.2, 0) is 22.3 Å². The summed E-state index contributed by atoms with van der Waals surface area (Å²) in [5.74, 6) is -1.88. The number of piperidine rings is 1. The Balaban J connectivity index is 0.000000664. The van der Waals surface area contributed by atoms with E-state index in [2.05, 4.69) is 55.2 Å². The summed E-state index contributed by atoms with van der Waals surface area (Å²) < 4.78 is 36.4. The number of hydrogen-bond acceptors (Lipinski definition) is 7. The summed E-state index contributed by atoms with van der Waals surface area (Å²) in [6.07, 6.45) is 12.2. The van der Waals surface area contributed by atoms with Crippen LogP contribution in [0.1, 0.15) is 115 Å². The molecule has 0 aromatic heterocycles. The van der Waals surface area contributed by atoms with Gasteiger partial charge in [0.05, 0.1) is 0 Å². The summed E-state index contributed by atoms with van der Waals surface area (Å²) in [4.78, 5) is 27.6. The molecule has 2 amide bonds. The number of likely N-dealkylation sites (tertiary alicyclic amines) is 1. The zero-order chi connectivity index (χ0) is 40.1. The molecule has 2 aromatic carbocycles. The molecule has 0 spiro atoms. The van der Waals surface area contributed by atoms with E-state index < -0.39 is 23.2 Å². The predicted octanol–water partition coefficient (Wildman–Crippen LogP) is 8.82. The maximum absolute atomic E-state index is 12.1. The van der Waals surface area contributed by atoms with Gasteiger partial charge in [0, 0.05) is 44.5 Å². The van der Waals surface area contributed by atoms with Gasteiger partial charge in [-0.25, -0.2) is 0 Å². The first-order chi connectivity index (χ1) is 25.3. The van der Waals surface area contributed by atoms with E-state index in [4.69, 9.17) is 10.2 Å². The van der Waals surface area contributed by atoms with Crippen molar-refractivity contribution in [1.82, 2.24) is 20.0 Å². The van der Waals surface area contributed by atoms with Crippen molar-refractivity contribution in [2.24, 2.45) is 0 Å². The molecule has 0 aliphatic carbocycles. The number of unbranched alkanes of at least 4 members (excludes halogenated alkanes) is 7. The van der Waals surface area contributed by atoms with E-state index in [9.17, 15) is 22.8 Å². The van der Waals surface area contributed by atoms with Crippen LogP contribution < -0.4 is 10.6 Å². The van der Waals surface area contributed by atoms with Gasteiger partial charge < -0.3 is 30.6 Å². The van der Waals surface area contributed by atoms with Gasteiger partial charge in [-0.3, -0.25) is 14.5 Å². The van der Waals surface area contributed by atoms with Gasteiger partial charge in [-0.15, -0.1) is 0 Å². The summed E-state index contributed by atoms with van der Waals surface area (Å²) in [6.45, 7) is 17.5. The number of piperazine rings is 1. The zero-order valence-corrected chi connectivity index (χ0v) is 33.6. The third-order valence-electron chi connectivity index (χ3n) is 9.01. The summed E-state index contributed by atoms with van der Waals surface area (Å²) >= 11 is 0. The van der Waals surface area contributed by atoms with Gasteiger partial charge in [0.1, 0.15) is 5.56 Å². The van der Waals surface area contributed by atoms with Gasteiger partial charge in [-0.2, -0.15) is 13.2 Å². The largest absolute Gasteiger partial charge is 0.504 e. The van der Waals surface area contributed by atoms with Crippen LogP contribution in [0.3, 0.4) is 0 Å². The lowest BCUT2D eigenvalue weighted by Crippen LogP contribution is -2.52. The number of benzene rings is 2. The van der Waals surface area contributed by atoms with Crippen molar-refractivity contribution in [2.75, 3.05) is 58.7 Å². The normalized spacial score (nSPS) is 14.9. The molecule has 2 aromatic rings. The number of carbonyl (C=O) groups is 2. The van der Waals surface area contributed by atoms with Crippen LogP contribution in [0.5, 0.6) is 11.5 Å². The molecule has 2 heterocycles. The number of aromatic hydroxyl groups is 2. The van der Waals surface area contributed by atoms with Crippen molar-refractivity contribution in [3.8, 4) is 11.5 Å². The summed E-state index contributed by atoms with van der Waals surface area (Å²) in [5.41, 5.74) is 0.974. The molecular formula is C41H70F3N5O4. The minimum atomic E-state index is -4.65. The third kappa shape index (κ3) is 22.5. The molecule has 0 radical (unpaired) electrons. The maximum Gasteiger partial charge on any atom is 0.420 e. The van der Waals surface area contributed by atoms with Crippen molar-refractivity contribution in [1.29, 1.82) is 0 Å². The number of phenols is 2. The molecule has 2 fully saturated rings. The van der Waals surface area contributed by atoms with Crippen molar-refractivity contribution in [3.05, 3.63) is 53.1 Å². The second kappa shape index (κ2) is 30.0. The lowest BCUT2D eigenvalue weighted by Gasteiger charge is -2.41. The number of rotatable bonds is 13. The van der Waals surface area contributed by atoms with Gasteiger partial charge in [0.15, 0.2) is 11.5 Å². The van der Waals surface area contributed by atoms with Crippen LogP contribution in [0.4, 0.5) is 18.9 Å². The van der Waals surface area contributed by atoms with E-state index in [1.165, 1.54) is 90.6 Å². The number of phenolic OH excluding ortho intramolecular Hbond substituents is 2. The minimum Gasteiger partial charge on any atom is -0.504 e. The number of aryl methyl sites for hydroxylation is 1. The van der Waals surface area contributed by atoms with Gasteiger partial charge in [-0.1, -0.05) is 104 Å². The molecule has 4 N–H and O–H groups in total. The Morgan fingerprint density at radius 1 is 0.811 bits per heavy atom. The smallest absolute Gasteiger partial charge is 0.420 e. The van der Waals surface area contributed by atoms with Crippen molar-refractivity contribution in [3.63, 3.8) is 0 Å². The standard InChI is InChI=1S/C11H21N3O.C9H12N2O.C8H7F3O2.C8H18.C5H12/c1-12-4-2-11(3-5-12)14-8-6-13(10-15)7-9-14;1-10-6-8-4-2-3-5-9(8)11-7-12;1-4-2-5(8(9,10)11)7(13)6(12)3-4;1-3-5-7-8-6-4-2;1-3-5-4-2/h10-11H,2-9H2,1H3;2-5,7,10H,6H2,1H3,(H,11,12);2-3,12-13H,1H3;3-8H2,1-2H3;3-5H2,1-2H3. The molecular weight excluding hydrogens is 683 g/mol. The zero-order valence-electron chi connectivity index (χ0n) is 33.6. The predicted molar refractivity (Wildman–Crippen MR) is 212 cm³/mol. The molecule has 2 saturated heterocycles. The van der Waals surface area contributed by atoms with E-state index in [0.717, 1.165) is 68.6 Å². The van der Waals surface area contributed by atoms with Gasteiger partial charge >= 0.3 is 6.18 Å². The van der Waals surface area contributed by atoms with Crippen molar-refractivity contribution >= 4 is 18.5 Å². The molecule has 2 aliphatic heterocycles. The number of anilines is 1. The monoisotopic (exact) mass is 754 g/mol. The van der Waals surface area contributed by atoms with Crippen LogP contribution in [0.25, 0.3) is 0 Å². The number of nitrogens with one attached hydrogen (secondary N) is 2.